The van der Waals surface area contributed by atoms with E-state index in [1.807, 2.05) is 6.20 Å². The highest BCUT2D eigenvalue weighted by molar-refractivity contribution is 5.52. The van der Waals surface area contributed by atoms with Gasteiger partial charge in [0, 0.05) is 18.4 Å². The van der Waals surface area contributed by atoms with E-state index in [9.17, 15) is 0 Å². The Hall–Kier alpha value is -1.02. The van der Waals surface area contributed by atoms with E-state index < -0.39 is 0 Å². The minimum Gasteiger partial charge on any atom is -0.363 e. The summed E-state index contributed by atoms with van der Waals surface area (Å²) in [4.78, 5) is 3.21. The van der Waals surface area contributed by atoms with Crippen LogP contribution in [-0.2, 0) is 6.54 Å². The lowest BCUT2D eigenvalue weighted by atomic mass is 10.2. The Bertz CT molecular complexity index is 260. The second kappa shape index (κ2) is 2.93. The van der Waals surface area contributed by atoms with Crippen molar-refractivity contribution in [3.63, 3.8) is 0 Å². The second-order valence-electron chi connectivity index (χ2n) is 2.78. The summed E-state index contributed by atoms with van der Waals surface area (Å²) >= 11 is 0. The first-order chi connectivity index (χ1) is 5.47. The van der Waals surface area contributed by atoms with E-state index in [1.54, 1.807) is 0 Å². The fourth-order valence-electron chi connectivity index (χ4n) is 1.33. The van der Waals surface area contributed by atoms with Gasteiger partial charge in [-0.1, -0.05) is 12.2 Å². The molecule has 1 aliphatic heterocycles. The Morgan fingerprint density at radius 1 is 1.36 bits per heavy atom. The predicted molar refractivity (Wildman–Crippen MR) is 46.2 cm³/mol. The third kappa shape index (κ3) is 1.35. The minimum atomic E-state index is 0.965. The van der Waals surface area contributed by atoms with Crippen molar-refractivity contribution in [2.24, 2.45) is 0 Å². The van der Waals surface area contributed by atoms with Crippen LogP contribution in [0.4, 0.5) is 0 Å². The summed E-state index contributed by atoms with van der Waals surface area (Å²) in [6.07, 6.45) is 7.51. The minimum absolute atomic E-state index is 0.965. The summed E-state index contributed by atoms with van der Waals surface area (Å²) in [6.45, 7) is 2.04. The van der Waals surface area contributed by atoms with Crippen LogP contribution < -0.4 is 5.32 Å². The predicted octanol–water partition coefficient (Wildman–Crippen LogP) is 1.52. The number of hydrogen-bond acceptors (Lipinski definition) is 1. The molecule has 2 heteroatoms. The van der Waals surface area contributed by atoms with Gasteiger partial charge in [0.05, 0.1) is 0 Å². The molecule has 0 aromatic carbocycles. The first-order valence-electron chi connectivity index (χ1n) is 4.00. The van der Waals surface area contributed by atoms with Crippen molar-refractivity contribution in [3.8, 4) is 0 Å². The molecule has 0 saturated heterocycles. The zero-order valence-electron chi connectivity index (χ0n) is 6.43. The molecule has 2 nitrogen and oxygen atoms in total. The molecule has 0 amide bonds. The van der Waals surface area contributed by atoms with Gasteiger partial charge in [-0.25, -0.2) is 0 Å². The van der Waals surface area contributed by atoms with Gasteiger partial charge >= 0.3 is 0 Å². The van der Waals surface area contributed by atoms with Crippen LogP contribution in [-0.4, -0.2) is 11.5 Å². The Balaban J connectivity index is 2.31. The van der Waals surface area contributed by atoms with Gasteiger partial charge in [-0.2, -0.15) is 0 Å². The number of rotatable bonds is 0. The average molecular weight is 148 g/mol. The molecule has 2 heterocycles. The van der Waals surface area contributed by atoms with Crippen LogP contribution in [0.2, 0.25) is 0 Å². The van der Waals surface area contributed by atoms with Gasteiger partial charge in [-0.15, -0.1) is 0 Å². The van der Waals surface area contributed by atoms with Crippen LogP contribution in [0.5, 0.6) is 0 Å². The first kappa shape index (κ1) is 6.68. The van der Waals surface area contributed by atoms with Crippen LogP contribution in [0.25, 0.3) is 6.08 Å². The number of fused-ring (bicyclic) bond motifs is 1. The van der Waals surface area contributed by atoms with Gasteiger partial charge in [0.1, 0.15) is 0 Å². The molecule has 0 aliphatic carbocycles. The maximum atomic E-state index is 3.35. The van der Waals surface area contributed by atoms with E-state index in [0.717, 1.165) is 19.5 Å². The van der Waals surface area contributed by atoms with Crippen LogP contribution in [0.1, 0.15) is 17.7 Å². The molecule has 0 unspecified atom stereocenters. The topological polar surface area (TPSA) is 27.8 Å². The van der Waals surface area contributed by atoms with Gasteiger partial charge in [0.25, 0.3) is 0 Å². The maximum Gasteiger partial charge on any atom is 0.0363 e. The van der Waals surface area contributed by atoms with Gasteiger partial charge in [0.15, 0.2) is 0 Å². The molecule has 1 aromatic rings. The fourth-order valence-corrected chi connectivity index (χ4v) is 1.33. The summed E-state index contributed by atoms with van der Waals surface area (Å²) < 4.78 is 0. The van der Waals surface area contributed by atoms with Crippen molar-refractivity contribution in [1.29, 1.82) is 0 Å². The Morgan fingerprint density at radius 3 is 3.36 bits per heavy atom. The van der Waals surface area contributed by atoms with Gasteiger partial charge in [0.2, 0.25) is 0 Å². The van der Waals surface area contributed by atoms with Crippen molar-refractivity contribution in [2.75, 3.05) is 6.54 Å². The Kier molecular flexibility index (Phi) is 1.78. The van der Waals surface area contributed by atoms with Crippen molar-refractivity contribution >= 4 is 6.08 Å². The van der Waals surface area contributed by atoms with E-state index in [2.05, 4.69) is 28.5 Å². The van der Waals surface area contributed by atoms with E-state index in [1.165, 1.54) is 11.3 Å². The third-order valence-electron chi connectivity index (χ3n) is 1.96. The zero-order valence-corrected chi connectivity index (χ0v) is 6.43. The molecule has 0 atom stereocenters. The molecule has 0 saturated carbocycles. The highest BCUT2D eigenvalue weighted by Crippen LogP contribution is 2.10. The van der Waals surface area contributed by atoms with Gasteiger partial charge < -0.3 is 10.3 Å². The Labute approximate surface area is 66.3 Å². The first-order valence-corrected chi connectivity index (χ1v) is 4.00. The highest BCUT2D eigenvalue weighted by Gasteiger charge is 2.01. The lowest BCUT2D eigenvalue weighted by Crippen LogP contribution is -2.15. The number of nitrogens with one attached hydrogen (secondary N) is 2. The quantitative estimate of drug-likeness (QED) is 0.573. The molecule has 0 bridgehead atoms. The van der Waals surface area contributed by atoms with E-state index in [0.29, 0.717) is 0 Å². The summed E-state index contributed by atoms with van der Waals surface area (Å²) in [5.74, 6) is 0. The number of aromatic amines is 1. The molecular formula is C9H12N2. The molecule has 0 fully saturated rings. The summed E-state index contributed by atoms with van der Waals surface area (Å²) in [5, 5.41) is 3.35. The van der Waals surface area contributed by atoms with Crippen LogP contribution in [0.3, 0.4) is 0 Å². The third-order valence-corrected chi connectivity index (χ3v) is 1.96. The fraction of sp³-hybridized carbons (Fsp3) is 0.333. The molecule has 2 rings (SSSR count). The van der Waals surface area contributed by atoms with Crippen LogP contribution >= 0.6 is 0 Å². The van der Waals surface area contributed by atoms with E-state index in [-0.39, 0.29) is 0 Å². The average Bonchev–Trinajstić information content (AvgIpc) is 2.35. The Morgan fingerprint density at radius 2 is 2.36 bits per heavy atom. The van der Waals surface area contributed by atoms with Crippen LogP contribution in [0, 0.1) is 0 Å². The molecule has 1 aromatic heterocycles. The summed E-state index contributed by atoms with van der Waals surface area (Å²) in [6, 6.07) is 2.11. The summed E-state index contributed by atoms with van der Waals surface area (Å²) in [5.41, 5.74) is 2.61. The molecule has 0 spiro atoms. The van der Waals surface area contributed by atoms with E-state index >= 15 is 0 Å². The van der Waals surface area contributed by atoms with Crippen molar-refractivity contribution in [3.05, 3.63) is 29.6 Å². The van der Waals surface area contributed by atoms with Gasteiger partial charge in [-0.05, 0) is 24.6 Å². The lowest BCUT2D eigenvalue weighted by molar-refractivity contribution is 0.681. The SMILES string of the molecule is C1=C\c2cc[nH]c2CNCC/1. The molecular weight excluding hydrogens is 136 g/mol. The molecule has 58 valence electrons. The monoisotopic (exact) mass is 148 g/mol. The smallest absolute Gasteiger partial charge is 0.0363 e. The number of aromatic nitrogens is 1. The van der Waals surface area contributed by atoms with Crippen LogP contribution in [0.15, 0.2) is 18.3 Å². The largest absolute Gasteiger partial charge is 0.363 e. The molecule has 2 N–H and O–H groups in total. The van der Waals surface area contributed by atoms with Crippen molar-refractivity contribution < 1.29 is 0 Å². The maximum absolute atomic E-state index is 3.35. The van der Waals surface area contributed by atoms with Crippen molar-refractivity contribution in [1.82, 2.24) is 10.3 Å². The summed E-state index contributed by atoms with van der Waals surface area (Å²) in [7, 11) is 0. The standard InChI is InChI=1S/C9H12N2/c1-2-5-10-7-9-8(3-1)4-6-11-9/h1,3-4,6,10-11H,2,5,7H2/b3-1-. The number of hydrogen-bond donors (Lipinski definition) is 2. The highest BCUT2D eigenvalue weighted by atomic mass is 14.9. The molecule has 11 heavy (non-hydrogen) atoms. The molecule has 0 radical (unpaired) electrons. The molecule has 1 aliphatic rings. The van der Waals surface area contributed by atoms with Gasteiger partial charge in [-0.3, -0.25) is 0 Å². The normalized spacial score (nSPS) is 20.0. The second-order valence-corrected chi connectivity index (χ2v) is 2.78. The number of H-pyrrole nitrogens is 1. The lowest BCUT2D eigenvalue weighted by Gasteiger charge is -2.05. The van der Waals surface area contributed by atoms with Crippen molar-refractivity contribution in [2.45, 2.75) is 13.0 Å². The zero-order chi connectivity index (χ0) is 7.52. The van der Waals surface area contributed by atoms with E-state index in [4.69, 9.17) is 0 Å².